The van der Waals surface area contributed by atoms with Crippen LogP contribution in [0.2, 0.25) is 0 Å². The summed E-state index contributed by atoms with van der Waals surface area (Å²) in [4.78, 5) is 21.6. The molecule has 2 amide bonds. The highest BCUT2D eigenvalue weighted by Crippen LogP contribution is 2.04. The molecule has 82 valence electrons. The number of rotatable bonds is 4. The van der Waals surface area contributed by atoms with E-state index in [9.17, 15) is 9.59 Å². The van der Waals surface area contributed by atoms with Crippen LogP contribution in [0.1, 0.15) is 23.8 Å². The predicted molar refractivity (Wildman–Crippen MR) is 52.9 cm³/mol. The Morgan fingerprint density at radius 3 is 2.87 bits per heavy atom. The number of hydrogen-bond acceptors (Lipinski definition) is 3. The largest absolute Gasteiger partial charge is 0.477 e. The van der Waals surface area contributed by atoms with E-state index >= 15 is 0 Å². The van der Waals surface area contributed by atoms with Crippen LogP contribution in [-0.2, 0) is 0 Å². The molecule has 0 aliphatic rings. The lowest BCUT2D eigenvalue weighted by atomic mass is 10.4. The molecular weight excluding hydrogens is 200 g/mol. The second-order valence-electron chi connectivity index (χ2n) is 2.85. The van der Waals surface area contributed by atoms with Crippen molar-refractivity contribution in [1.29, 1.82) is 0 Å². The first-order valence-corrected chi connectivity index (χ1v) is 4.47. The smallest absolute Gasteiger partial charge is 0.353 e. The van der Waals surface area contributed by atoms with Gasteiger partial charge in [0.2, 0.25) is 0 Å². The Kier molecular flexibility index (Phi) is 3.67. The number of carboxylic acids is 1. The van der Waals surface area contributed by atoms with E-state index in [4.69, 9.17) is 5.11 Å². The molecule has 4 N–H and O–H groups in total. The summed E-state index contributed by atoms with van der Waals surface area (Å²) in [5.74, 6) is -0.939. The standard InChI is InChI=1S/C8H12N4O3/c1-2-3-9-8(15)10-6-4-5(7(13)14)11-12-6/h4H,2-3H2,1H3,(H,13,14)(H3,9,10,11,12,15). The third-order valence-corrected chi connectivity index (χ3v) is 1.59. The number of hydrogen-bond donors (Lipinski definition) is 4. The second kappa shape index (κ2) is 4.99. The maximum absolute atomic E-state index is 11.1. The van der Waals surface area contributed by atoms with Gasteiger partial charge in [-0.15, -0.1) is 0 Å². The third-order valence-electron chi connectivity index (χ3n) is 1.59. The van der Waals surface area contributed by atoms with Gasteiger partial charge in [0.15, 0.2) is 5.82 Å². The van der Waals surface area contributed by atoms with Crippen LogP contribution >= 0.6 is 0 Å². The molecule has 7 heteroatoms. The monoisotopic (exact) mass is 212 g/mol. The number of carboxylic acid groups (broad SMARTS) is 1. The first-order chi connectivity index (χ1) is 7.13. The van der Waals surface area contributed by atoms with Crippen molar-refractivity contribution in [3.8, 4) is 0 Å². The first kappa shape index (κ1) is 11.0. The molecule has 0 radical (unpaired) electrons. The van der Waals surface area contributed by atoms with Crippen molar-refractivity contribution in [3.05, 3.63) is 11.8 Å². The highest BCUT2D eigenvalue weighted by molar-refractivity contribution is 5.91. The quantitative estimate of drug-likeness (QED) is 0.587. The van der Waals surface area contributed by atoms with Gasteiger partial charge in [0, 0.05) is 12.6 Å². The summed E-state index contributed by atoms with van der Waals surface area (Å²) in [5, 5.41) is 19.4. The maximum Gasteiger partial charge on any atom is 0.353 e. The van der Waals surface area contributed by atoms with Gasteiger partial charge in [-0.3, -0.25) is 10.4 Å². The fraction of sp³-hybridized carbons (Fsp3) is 0.375. The fourth-order valence-electron chi connectivity index (χ4n) is 0.894. The number of carbonyl (C=O) groups excluding carboxylic acids is 1. The van der Waals surface area contributed by atoms with E-state index in [2.05, 4.69) is 20.8 Å². The molecule has 1 aromatic heterocycles. The topological polar surface area (TPSA) is 107 Å². The van der Waals surface area contributed by atoms with Crippen molar-refractivity contribution in [2.45, 2.75) is 13.3 Å². The number of nitrogens with one attached hydrogen (secondary N) is 3. The average molecular weight is 212 g/mol. The first-order valence-electron chi connectivity index (χ1n) is 4.47. The van der Waals surface area contributed by atoms with Crippen LogP contribution in [0.25, 0.3) is 0 Å². The Balaban J connectivity index is 2.50. The zero-order chi connectivity index (χ0) is 11.3. The molecule has 0 aliphatic heterocycles. The predicted octanol–water partition coefficient (Wildman–Crippen LogP) is 0.639. The molecule has 15 heavy (non-hydrogen) atoms. The summed E-state index contributed by atoms with van der Waals surface area (Å²) in [7, 11) is 0. The third kappa shape index (κ3) is 3.29. The zero-order valence-corrected chi connectivity index (χ0v) is 8.20. The number of nitrogens with zero attached hydrogens (tertiary/aromatic N) is 1. The van der Waals surface area contributed by atoms with Gasteiger partial charge in [-0.2, -0.15) is 5.10 Å². The summed E-state index contributed by atoms with van der Waals surface area (Å²) in [6, 6.07) is 0.841. The molecule has 7 nitrogen and oxygen atoms in total. The van der Waals surface area contributed by atoms with Crippen LogP contribution in [0.15, 0.2) is 6.07 Å². The van der Waals surface area contributed by atoms with E-state index in [1.807, 2.05) is 6.92 Å². The van der Waals surface area contributed by atoms with Gasteiger partial charge in [-0.25, -0.2) is 9.59 Å². The lowest BCUT2D eigenvalue weighted by molar-refractivity contribution is 0.0690. The minimum absolute atomic E-state index is 0.0687. The van der Waals surface area contributed by atoms with Crippen LogP contribution in [-0.4, -0.2) is 33.8 Å². The number of urea groups is 1. The van der Waals surface area contributed by atoms with Gasteiger partial charge in [-0.1, -0.05) is 6.92 Å². The highest BCUT2D eigenvalue weighted by Gasteiger charge is 2.09. The molecule has 1 aromatic rings. The summed E-state index contributed by atoms with van der Waals surface area (Å²) in [6.07, 6.45) is 0.828. The van der Waals surface area contributed by atoms with Crippen LogP contribution in [0.5, 0.6) is 0 Å². The van der Waals surface area contributed by atoms with Gasteiger partial charge in [-0.05, 0) is 6.42 Å². The molecule has 1 rings (SSSR count). The molecule has 0 bridgehead atoms. The molecule has 0 atom stereocenters. The molecule has 0 spiro atoms. The SMILES string of the molecule is CCCNC(=O)Nc1cc(C(=O)O)[nH]n1. The minimum atomic E-state index is -1.12. The Hall–Kier alpha value is -2.05. The Bertz CT molecular complexity index is 361. The second-order valence-corrected chi connectivity index (χ2v) is 2.85. The normalized spacial score (nSPS) is 9.67. The van der Waals surface area contributed by atoms with E-state index in [1.54, 1.807) is 0 Å². The molecule has 1 heterocycles. The van der Waals surface area contributed by atoms with Crippen LogP contribution < -0.4 is 10.6 Å². The van der Waals surface area contributed by atoms with Gasteiger partial charge in [0.05, 0.1) is 0 Å². The summed E-state index contributed by atoms with van der Waals surface area (Å²) >= 11 is 0. The number of aromatic amines is 1. The van der Waals surface area contributed by atoms with E-state index in [1.165, 1.54) is 6.07 Å². The summed E-state index contributed by atoms with van der Waals surface area (Å²) in [6.45, 7) is 2.49. The van der Waals surface area contributed by atoms with Crippen molar-refractivity contribution in [2.24, 2.45) is 0 Å². The number of amides is 2. The van der Waals surface area contributed by atoms with Crippen molar-refractivity contribution in [1.82, 2.24) is 15.5 Å². The number of anilines is 1. The maximum atomic E-state index is 11.1. The van der Waals surface area contributed by atoms with E-state index in [0.29, 0.717) is 6.54 Å². The van der Waals surface area contributed by atoms with Crippen molar-refractivity contribution < 1.29 is 14.7 Å². The molecule has 0 saturated carbocycles. The lowest BCUT2D eigenvalue weighted by Crippen LogP contribution is -2.29. The van der Waals surface area contributed by atoms with Crippen LogP contribution in [0, 0.1) is 0 Å². The van der Waals surface area contributed by atoms with Gasteiger partial charge in [0.1, 0.15) is 5.69 Å². The molecule has 0 aliphatic carbocycles. The van der Waals surface area contributed by atoms with Gasteiger partial charge < -0.3 is 10.4 Å². The molecular formula is C8H12N4O3. The number of carbonyl (C=O) groups is 2. The van der Waals surface area contributed by atoms with Gasteiger partial charge >= 0.3 is 12.0 Å². The summed E-state index contributed by atoms with van der Waals surface area (Å²) < 4.78 is 0. The Morgan fingerprint density at radius 1 is 1.60 bits per heavy atom. The van der Waals surface area contributed by atoms with Crippen molar-refractivity contribution in [3.63, 3.8) is 0 Å². The van der Waals surface area contributed by atoms with E-state index in [-0.39, 0.29) is 11.5 Å². The Morgan fingerprint density at radius 2 is 2.33 bits per heavy atom. The molecule has 0 saturated heterocycles. The van der Waals surface area contributed by atoms with Crippen LogP contribution in [0.3, 0.4) is 0 Å². The lowest BCUT2D eigenvalue weighted by Gasteiger charge is -2.02. The van der Waals surface area contributed by atoms with Crippen LogP contribution in [0.4, 0.5) is 10.6 Å². The fourth-order valence-corrected chi connectivity index (χ4v) is 0.894. The molecule has 0 unspecified atom stereocenters. The summed E-state index contributed by atoms with van der Waals surface area (Å²) in [5.41, 5.74) is -0.0687. The van der Waals surface area contributed by atoms with E-state index < -0.39 is 12.0 Å². The highest BCUT2D eigenvalue weighted by atomic mass is 16.4. The molecule has 0 fully saturated rings. The minimum Gasteiger partial charge on any atom is -0.477 e. The van der Waals surface area contributed by atoms with E-state index in [0.717, 1.165) is 6.42 Å². The average Bonchev–Trinajstić information content (AvgIpc) is 2.63. The molecule has 0 aromatic carbocycles. The number of H-pyrrole nitrogens is 1. The van der Waals surface area contributed by atoms with Crippen molar-refractivity contribution in [2.75, 3.05) is 11.9 Å². The van der Waals surface area contributed by atoms with Crippen molar-refractivity contribution >= 4 is 17.8 Å². The Labute approximate surface area is 85.9 Å². The number of aromatic carboxylic acids is 1. The zero-order valence-electron chi connectivity index (χ0n) is 8.20. The van der Waals surface area contributed by atoms with Gasteiger partial charge in [0.25, 0.3) is 0 Å². The number of aromatic nitrogens is 2.